The van der Waals surface area contributed by atoms with Gasteiger partial charge in [-0.1, -0.05) is 23.4 Å². The van der Waals surface area contributed by atoms with Crippen molar-refractivity contribution in [2.45, 2.75) is 6.92 Å². The quantitative estimate of drug-likeness (QED) is 0.549. The molecule has 0 radical (unpaired) electrons. The number of nitriles is 1. The molecular weight excluding hydrogens is 380 g/mol. The highest BCUT2D eigenvalue weighted by Crippen LogP contribution is 2.27. The Bertz CT molecular complexity index is 1240. The van der Waals surface area contributed by atoms with Gasteiger partial charge in [0.2, 0.25) is 5.88 Å². The van der Waals surface area contributed by atoms with Crippen molar-refractivity contribution in [1.82, 2.24) is 20.0 Å². The molecule has 0 aliphatic rings. The molecule has 0 fully saturated rings. The SMILES string of the molecule is Cc1cc(Oc2ncccc2C#N)ccc1NC(=O)c1cn(-c2ccccc2)nn1. The van der Waals surface area contributed by atoms with E-state index in [4.69, 9.17) is 10.00 Å². The number of hydrogen-bond donors (Lipinski definition) is 1. The predicted octanol–water partition coefficient (Wildman–Crippen LogP) is 3.89. The first-order valence-electron chi connectivity index (χ1n) is 9.07. The zero-order chi connectivity index (χ0) is 20.9. The maximum Gasteiger partial charge on any atom is 0.277 e. The van der Waals surface area contributed by atoms with Crippen LogP contribution in [0.5, 0.6) is 11.6 Å². The molecule has 0 aliphatic carbocycles. The van der Waals surface area contributed by atoms with E-state index in [0.717, 1.165) is 11.3 Å². The molecule has 4 aromatic rings. The molecule has 0 bridgehead atoms. The Morgan fingerprint density at radius 3 is 2.73 bits per heavy atom. The summed E-state index contributed by atoms with van der Waals surface area (Å²) in [5.74, 6) is 0.370. The lowest BCUT2D eigenvalue weighted by molar-refractivity contribution is 0.102. The van der Waals surface area contributed by atoms with Crippen molar-refractivity contribution in [3.8, 4) is 23.4 Å². The first-order chi connectivity index (χ1) is 14.6. The van der Waals surface area contributed by atoms with Gasteiger partial charge >= 0.3 is 0 Å². The smallest absolute Gasteiger partial charge is 0.277 e. The third kappa shape index (κ3) is 4.00. The van der Waals surface area contributed by atoms with Crippen LogP contribution in [-0.2, 0) is 0 Å². The minimum absolute atomic E-state index is 0.200. The fourth-order valence-electron chi connectivity index (χ4n) is 2.77. The lowest BCUT2D eigenvalue weighted by atomic mass is 10.2. The number of hydrogen-bond acceptors (Lipinski definition) is 6. The Morgan fingerprint density at radius 2 is 1.97 bits per heavy atom. The number of carbonyl (C=O) groups is 1. The molecule has 0 aliphatic heterocycles. The highest BCUT2D eigenvalue weighted by molar-refractivity contribution is 6.03. The van der Waals surface area contributed by atoms with Crippen molar-refractivity contribution in [2.75, 3.05) is 5.32 Å². The molecular formula is C22H16N6O2. The maximum absolute atomic E-state index is 12.6. The number of amides is 1. The third-order valence-electron chi connectivity index (χ3n) is 4.30. The lowest BCUT2D eigenvalue weighted by Crippen LogP contribution is -2.13. The van der Waals surface area contributed by atoms with Crippen LogP contribution < -0.4 is 10.1 Å². The number of pyridine rings is 1. The Hall–Kier alpha value is -4.51. The van der Waals surface area contributed by atoms with Crippen LogP contribution in [0.4, 0.5) is 5.69 Å². The molecule has 146 valence electrons. The number of benzene rings is 2. The van der Waals surface area contributed by atoms with E-state index >= 15 is 0 Å². The van der Waals surface area contributed by atoms with Crippen molar-refractivity contribution in [1.29, 1.82) is 5.26 Å². The molecule has 0 saturated heterocycles. The normalized spacial score (nSPS) is 10.3. The molecule has 0 unspecified atom stereocenters. The van der Waals surface area contributed by atoms with Crippen molar-refractivity contribution >= 4 is 11.6 Å². The van der Waals surface area contributed by atoms with Crippen LogP contribution in [0.2, 0.25) is 0 Å². The van der Waals surface area contributed by atoms with Gasteiger partial charge in [0.25, 0.3) is 5.91 Å². The Morgan fingerprint density at radius 1 is 1.13 bits per heavy atom. The second kappa shape index (κ2) is 8.24. The summed E-state index contributed by atoms with van der Waals surface area (Å²) in [4.78, 5) is 16.6. The third-order valence-corrected chi connectivity index (χ3v) is 4.30. The van der Waals surface area contributed by atoms with Crippen LogP contribution in [0.1, 0.15) is 21.6 Å². The van der Waals surface area contributed by atoms with Gasteiger partial charge in [0, 0.05) is 11.9 Å². The van der Waals surface area contributed by atoms with Gasteiger partial charge in [-0.3, -0.25) is 4.79 Å². The number of nitrogens with one attached hydrogen (secondary N) is 1. The molecule has 8 heteroatoms. The number of aromatic nitrogens is 4. The Labute approximate surface area is 172 Å². The Kier molecular flexibility index (Phi) is 5.17. The fraction of sp³-hybridized carbons (Fsp3) is 0.0455. The van der Waals surface area contributed by atoms with Crippen LogP contribution in [-0.4, -0.2) is 25.9 Å². The number of para-hydroxylation sites is 1. The van der Waals surface area contributed by atoms with E-state index in [9.17, 15) is 4.79 Å². The number of ether oxygens (including phenoxy) is 1. The van der Waals surface area contributed by atoms with Crippen LogP contribution in [0.25, 0.3) is 5.69 Å². The largest absolute Gasteiger partial charge is 0.438 e. The number of anilines is 1. The number of rotatable bonds is 5. The molecule has 0 spiro atoms. The molecule has 1 N–H and O–H groups in total. The van der Waals surface area contributed by atoms with E-state index in [1.54, 1.807) is 47.4 Å². The Balaban J connectivity index is 1.48. The van der Waals surface area contributed by atoms with Gasteiger partial charge in [-0.15, -0.1) is 5.10 Å². The average molecular weight is 396 g/mol. The minimum Gasteiger partial charge on any atom is -0.438 e. The summed E-state index contributed by atoms with van der Waals surface area (Å²) < 4.78 is 7.25. The van der Waals surface area contributed by atoms with E-state index in [0.29, 0.717) is 17.0 Å². The summed E-state index contributed by atoms with van der Waals surface area (Å²) >= 11 is 0. The number of aryl methyl sites for hydroxylation is 1. The second-order valence-electron chi connectivity index (χ2n) is 6.38. The highest BCUT2D eigenvalue weighted by Gasteiger charge is 2.14. The zero-order valence-electron chi connectivity index (χ0n) is 16.0. The van der Waals surface area contributed by atoms with Crippen molar-refractivity contribution in [3.05, 3.63) is 89.9 Å². The van der Waals surface area contributed by atoms with Gasteiger partial charge in [-0.25, -0.2) is 9.67 Å². The summed E-state index contributed by atoms with van der Waals surface area (Å²) in [5.41, 5.74) is 2.75. The molecule has 2 heterocycles. The van der Waals surface area contributed by atoms with Crippen LogP contribution in [0.15, 0.2) is 73.1 Å². The highest BCUT2D eigenvalue weighted by atomic mass is 16.5. The van der Waals surface area contributed by atoms with Gasteiger partial charge in [-0.05, 0) is 55.0 Å². The topological polar surface area (TPSA) is 106 Å². The van der Waals surface area contributed by atoms with E-state index < -0.39 is 0 Å². The first kappa shape index (κ1) is 18.8. The summed E-state index contributed by atoms with van der Waals surface area (Å²) in [5, 5.41) is 19.9. The first-order valence-corrected chi connectivity index (χ1v) is 9.07. The summed E-state index contributed by atoms with van der Waals surface area (Å²) in [6, 6.07) is 19.9. The molecule has 4 rings (SSSR count). The van der Waals surface area contributed by atoms with Gasteiger partial charge in [-0.2, -0.15) is 5.26 Å². The average Bonchev–Trinajstić information content (AvgIpc) is 3.27. The predicted molar refractivity (Wildman–Crippen MR) is 110 cm³/mol. The minimum atomic E-state index is -0.370. The molecule has 0 saturated carbocycles. The van der Waals surface area contributed by atoms with Gasteiger partial charge in [0.05, 0.1) is 11.9 Å². The van der Waals surface area contributed by atoms with Gasteiger partial charge in [0.1, 0.15) is 17.4 Å². The molecule has 1 amide bonds. The van der Waals surface area contributed by atoms with Crippen LogP contribution in [0, 0.1) is 18.3 Å². The maximum atomic E-state index is 12.6. The molecule has 2 aromatic heterocycles. The summed E-state index contributed by atoms with van der Waals surface area (Å²) in [6.45, 7) is 1.84. The number of nitrogens with zero attached hydrogens (tertiary/aromatic N) is 5. The van der Waals surface area contributed by atoms with Crippen LogP contribution in [0.3, 0.4) is 0 Å². The lowest BCUT2D eigenvalue weighted by Gasteiger charge is -2.10. The fourth-order valence-corrected chi connectivity index (χ4v) is 2.77. The molecule has 2 aromatic carbocycles. The van der Waals surface area contributed by atoms with Gasteiger partial charge in [0.15, 0.2) is 5.69 Å². The van der Waals surface area contributed by atoms with Gasteiger partial charge < -0.3 is 10.1 Å². The van der Waals surface area contributed by atoms with Crippen molar-refractivity contribution < 1.29 is 9.53 Å². The zero-order valence-corrected chi connectivity index (χ0v) is 16.0. The summed E-state index contributed by atoms with van der Waals surface area (Å²) in [6.07, 6.45) is 3.13. The number of carbonyl (C=O) groups excluding carboxylic acids is 1. The van der Waals surface area contributed by atoms with E-state index in [2.05, 4.69) is 20.6 Å². The molecule has 30 heavy (non-hydrogen) atoms. The monoisotopic (exact) mass is 396 g/mol. The molecule has 8 nitrogen and oxygen atoms in total. The second-order valence-corrected chi connectivity index (χ2v) is 6.38. The van der Waals surface area contributed by atoms with E-state index in [-0.39, 0.29) is 17.5 Å². The summed E-state index contributed by atoms with van der Waals surface area (Å²) in [7, 11) is 0. The standard InChI is InChI=1S/C22H16N6O2/c1-15-12-18(30-22-16(13-23)6-5-11-24-22)9-10-19(15)25-21(29)20-14-28(27-26-20)17-7-3-2-4-8-17/h2-12,14H,1H3,(H,25,29). The van der Waals surface area contributed by atoms with E-state index in [1.807, 2.05) is 43.3 Å². The molecule has 0 atom stereocenters. The van der Waals surface area contributed by atoms with Crippen molar-refractivity contribution in [3.63, 3.8) is 0 Å². The van der Waals surface area contributed by atoms with Crippen molar-refractivity contribution in [2.24, 2.45) is 0 Å². The van der Waals surface area contributed by atoms with E-state index in [1.165, 1.54) is 0 Å². The van der Waals surface area contributed by atoms with Crippen LogP contribution >= 0.6 is 0 Å².